The Morgan fingerprint density at radius 1 is 0.842 bits per heavy atom. The quantitative estimate of drug-likeness (QED) is 0.273. The summed E-state index contributed by atoms with van der Waals surface area (Å²) < 4.78 is 0. The second-order valence-corrected chi connectivity index (χ2v) is 3.08. The molecule has 19 heavy (non-hydrogen) atoms. The predicted molar refractivity (Wildman–Crippen MR) is 62.3 cm³/mol. The van der Waals surface area contributed by atoms with E-state index in [0.717, 1.165) is 0 Å². The van der Waals surface area contributed by atoms with E-state index in [-0.39, 0.29) is 44.3 Å². The van der Waals surface area contributed by atoms with Gasteiger partial charge in [0.25, 0.3) is 0 Å². The number of aliphatic hydroxyl groups is 1. The van der Waals surface area contributed by atoms with Gasteiger partial charge < -0.3 is 31.3 Å². The summed E-state index contributed by atoms with van der Waals surface area (Å²) >= 11 is 0. The molecular formula is C8H15CaNO9. The zero-order valence-corrected chi connectivity index (χ0v) is 9.07. The van der Waals surface area contributed by atoms with Crippen LogP contribution in [0.4, 0.5) is 0 Å². The number of aliphatic carboxylic acids is 4. The standard InChI is InChI=1S/C6H8O7.C2H5NO2.Ca.2H/c7-3(8)1-6(13,5(11)12)2-4(9)10;3-1-2(4)5;;;/h13H,1-2H2,(H,7,8)(H,9,10)(H,11,12);1,3H2,(H,4,5);;;. The molecule has 0 aromatic rings. The van der Waals surface area contributed by atoms with E-state index < -0.39 is 42.3 Å². The number of hydrogen-bond donors (Lipinski definition) is 6. The average Bonchev–Trinajstić information content (AvgIpc) is 2.15. The molecular weight excluding hydrogens is 294 g/mol. The minimum absolute atomic E-state index is 0. The molecule has 11 heteroatoms. The first-order valence-corrected chi connectivity index (χ1v) is 4.36. The summed E-state index contributed by atoms with van der Waals surface area (Å²) in [6.45, 7) is -0.278. The van der Waals surface area contributed by atoms with E-state index in [9.17, 15) is 19.2 Å². The van der Waals surface area contributed by atoms with Crippen LogP contribution in [-0.2, 0) is 19.2 Å². The molecule has 0 unspecified atom stereocenters. The minimum atomic E-state index is -2.74. The Morgan fingerprint density at radius 2 is 1.11 bits per heavy atom. The van der Waals surface area contributed by atoms with Crippen molar-refractivity contribution in [2.24, 2.45) is 5.73 Å². The molecule has 0 spiro atoms. The summed E-state index contributed by atoms with van der Waals surface area (Å²) in [4.78, 5) is 39.7. The van der Waals surface area contributed by atoms with Crippen molar-refractivity contribution in [2.45, 2.75) is 18.4 Å². The number of rotatable bonds is 6. The summed E-state index contributed by atoms with van der Waals surface area (Å²) in [5.41, 5.74) is 1.83. The summed E-state index contributed by atoms with van der Waals surface area (Å²) in [6, 6.07) is 0. The van der Waals surface area contributed by atoms with Gasteiger partial charge in [0.05, 0.1) is 19.4 Å². The van der Waals surface area contributed by atoms with Crippen LogP contribution in [0.15, 0.2) is 0 Å². The summed E-state index contributed by atoms with van der Waals surface area (Å²) in [6.07, 6.45) is -2.29. The Morgan fingerprint density at radius 3 is 1.21 bits per heavy atom. The molecule has 0 aromatic carbocycles. The summed E-state index contributed by atoms with van der Waals surface area (Å²) in [5.74, 6) is -5.99. The molecule has 10 nitrogen and oxygen atoms in total. The van der Waals surface area contributed by atoms with Crippen molar-refractivity contribution in [1.82, 2.24) is 0 Å². The first kappa shape index (κ1) is 23.2. The van der Waals surface area contributed by atoms with Gasteiger partial charge >= 0.3 is 61.6 Å². The van der Waals surface area contributed by atoms with Crippen LogP contribution in [-0.4, -0.2) is 99.3 Å². The van der Waals surface area contributed by atoms with Gasteiger partial charge in [0.2, 0.25) is 0 Å². The van der Waals surface area contributed by atoms with E-state index in [2.05, 4.69) is 5.73 Å². The fraction of sp³-hybridized carbons (Fsp3) is 0.500. The van der Waals surface area contributed by atoms with Crippen molar-refractivity contribution in [3.05, 3.63) is 0 Å². The molecule has 7 N–H and O–H groups in total. The van der Waals surface area contributed by atoms with E-state index in [4.69, 9.17) is 25.5 Å². The van der Waals surface area contributed by atoms with E-state index >= 15 is 0 Å². The Balaban J connectivity index is -0.000000366. The van der Waals surface area contributed by atoms with Crippen LogP contribution in [0.1, 0.15) is 12.8 Å². The molecule has 0 radical (unpaired) electrons. The molecule has 0 atom stereocenters. The normalized spacial score (nSPS) is 9.37. The van der Waals surface area contributed by atoms with E-state index in [1.54, 1.807) is 0 Å². The van der Waals surface area contributed by atoms with Crippen molar-refractivity contribution in [3.63, 3.8) is 0 Å². The molecule has 0 bridgehead atoms. The molecule has 0 aliphatic heterocycles. The topological polar surface area (TPSA) is 195 Å². The van der Waals surface area contributed by atoms with Crippen LogP contribution < -0.4 is 5.73 Å². The van der Waals surface area contributed by atoms with Crippen LogP contribution in [0.5, 0.6) is 0 Å². The molecule has 0 aliphatic carbocycles. The third-order valence-electron chi connectivity index (χ3n) is 1.46. The van der Waals surface area contributed by atoms with Crippen molar-refractivity contribution in [2.75, 3.05) is 6.54 Å². The first-order chi connectivity index (χ1) is 8.05. The predicted octanol–water partition coefficient (Wildman–Crippen LogP) is -3.13. The molecule has 0 heterocycles. The maximum atomic E-state index is 10.3. The molecule has 0 aromatic heterocycles. The van der Waals surface area contributed by atoms with Gasteiger partial charge in [-0.25, -0.2) is 4.79 Å². The van der Waals surface area contributed by atoms with Gasteiger partial charge in [-0.05, 0) is 0 Å². The number of hydrogen-bond acceptors (Lipinski definition) is 6. The van der Waals surface area contributed by atoms with Gasteiger partial charge in [-0.3, -0.25) is 14.4 Å². The Labute approximate surface area is 136 Å². The SMILES string of the molecule is NCC(=O)O.O=C(O)CC(O)(CC(=O)O)C(=O)O.[CaH2]. The molecule has 0 fully saturated rings. The molecule has 108 valence electrons. The van der Waals surface area contributed by atoms with Crippen molar-refractivity contribution in [1.29, 1.82) is 0 Å². The van der Waals surface area contributed by atoms with E-state index in [1.165, 1.54) is 0 Å². The fourth-order valence-electron chi connectivity index (χ4n) is 0.714. The second-order valence-electron chi connectivity index (χ2n) is 3.08. The zero-order chi connectivity index (χ0) is 14.9. The maximum absolute atomic E-state index is 10.3. The van der Waals surface area contributed by atoms with Crippen LogP contribution in [0.25, 0.3) is 0 Å². The van der Waals surface area contributed by atoms with E-state index in [1.807, 2.05) is 0 Å². The second kappa shape index (κ2) is 10.9. The Hall–Kier alpha value is -0.940. The summed E-state index contributed by atoms with van der Waals surface area (Å²) in [7, 11) is 0. The monoisotopic (exact) mass is 309 g/mol. The third kappa shape index (κ3) is 13.3. The van der Waals surface area contributed by atoms with E-state index in [0.29, 0.717) is 0 Å². The molecule has 0 aliphatic rings. The van der Waals surface area contributed by atoms with Gasteiger partial charge in [0.1, 0.15) is 0 Å². The van der Waals surface area contributed by atoms with Crippen molar-refractivity contribution < 1.29 is 44.7 Å². The first-order valence-electron chi connectivity index (χ1n) is 4.36. The van der Waals surface area contributed by atoms with Gasteiger partial charge in [-0.2, -0.15) is 0 Å². The number of carbonyl (C=O) groups is 4. The molecule has 0 saturated heterocycles. The Kier molecular flexibility index (Phi) is 13.3. The van der Waals surface area contributed by atoms with Crippen molar-refractivity contribution >= 4 is 61.6 Å². The van der Waals surface area contributed by atoms with Crippen LogP contribution in [0, 0.1) is 0 Å². The van der Waals surface area contributed by atoms with Crippen LogP contribution in [0.2, 0.25) is 0 Å². The average molecular weight is 309 g/mol. The Bertz CT molecular complexity index is 327. The number of carboxylic acids is 4. The molecule has 0 rings (SSSR count). The van der Waals surface area contributed by atoms with Gasteiger partial charge in [-0.1, -0.05) is 0 Å². The van der Waals surface area contributed by atoms with Gasteiger partial charge in [0.15, 0.2) is 5.60 Å². The fourth-order valence-corrected chi connectivity index (χ4v) is 0.714. The molecule has 0 amide bonds. The molecule has 0 saturated carbocycles. The van der Waals surface area contributed by atoms with Gasteiger partial charge in [-0.15, -0.1) is 0 Å². The summed E-state index contributed by atoms with van der Waals surface area (Å²) in [5, 5.41) is 41.4. The third-order valence-corrected chi connectivity index (χ3v) is 1.46. The van der Waals surface area contributed by atoms with Crippen molar-refractivity contribution in [3.8, 4) is 0 Å². The number of nitrogens with two attached hydrogens (primary N) is 1. The zero-order valence-electron chi connectivity index (χ0n) is 9.07. The van der Waals surface area contributed by atoms with Crippen LogP contribution >= 0.6 is 0 Å². The van der Waals surface area contributed by atoms with Gasteiger partial charge in [0, 0.05) is 0 Å². The number of carboxylic acid groups (broad SMARTS) is 4. The van der Waals surface area contributed by atoms with Crippen LogP contribution in [0.3, 0.4) is 0 Å².